The molecule has 7 nitrogen and oxygen atoms in total. The number of carbonyl (C=O) groups is 2. The molecule has 34 heavy (non-hydrogen) atoms. The summed E-state index contributed by atoms with van der Waals surface area (Å²) in [7, 11) is 0. The first-order valence-electron chi connectivity index (χ1n) is 10.5. The fourth-order valence-corrected chi connectivity index (χ4v) is 4.04. The van der Waals surface area contributed by atoms with Crippen LogP contribution >= 0.6 is 11.3 Å². The highest BCUT2D eigenvalue weighted by Crippen LogP contribution is 2.29. The van der Waals surface area contributed by atoms with Gasteiger partial charge >= 0.3 is 0 Å². The van der Waals surface area contributed by atoms with Crippen molar-refractivity contribution in [1.29, 1.82) is 0 Å². The summed E-state index contributed by atoms with van der Waals surface area (Å²) >= 11 is 1.33. The molecular formula is C26H22N4O3S. The Morgan fingerprint density at radius 2 is 1.91 bits per heavy atom. The molecule has 4 aromatic rings. The minimum atomic E-state index is -0.290. The van der Waals surface area contributed by atoms with E-state index in [-0.39, 0.29) is 11.8 Å². The summed E-state index contributed by atoms with van der Waals surface area (Å²) in [5.74, 6) is 0.898. The number of amides is 2. The zero-order valence-corrected chi connectivity index (χ0v) is 19.5. The van der Waals surface area contributed by atoms with Crippen LogP contribution in [0, 0.1) is 6.92 Å². The van der Waals surface area contributed by atoms with E-state index in [0.717, 1.165) is 11.3 Å². The van der Waals surface area contributed by atoms with Gasteiger partial charge < -0.3 is 10.1 Å². The van der Waals surface area contributed by atoms with Gasteiger partial charge in [-0.2, -0.15) is 0 Å². The monoisotopic (exact) mass is 470 g/mol. The highest BCUT2D eigenvalue weighted by Gasteiger charge is 2.17. The minimum absolute atomic E-state index is 0.139. The first-order valence-corrected chi connectivity index (χ1v) is 11.4. The number of rotatable bonds is 7. The lowest BCUT2D eigenvalue weighted by Gasteiger charge is -2.17. The zero-order chi connectivity index (χ0) is 23.9. The molecule has 0 aliphatic rings. The summed E-state index contributed by atoms with van der Waals surface area (Å²) in [5.41, 5.74) is 2.86. The molecule has 2 aromatic carbocycles. The maximum absolute atomic E-state index is 12.4. The standard InChI is InChI=1S/C26H22N4O3S/c1-18-15-20(10-12-24(18)33-23-9-6-14-27-16-23)28-25(32)13-11-21-17-34-26(29-21)30(19(2)31)22-7-4-3-5-8-22/h3-17H,1-2H3,(H,28,32)/b13-11+. The van der Waals surface area contributed by atoms with Crippen molar-refractivity contribution in [3.05, 3.63) is 95.8 Å². The molecule has 0 unspecified atom stereocenters. The van der Waals surface area contributed by atoms with E-state index in [1.807, 2.05) is 49.4 Å². The van der Waals surface area contributed by atoms with E-state index in [1.54, 1.807) is 46.9 Å². The van der Waals surface area contributed by atoms with E-state index in [1.165, 1.54) is 24.3 Å². The molecule has 1 N–H and O–H groups in total. The summed E-state index contributed by atoms with van der Waals surface area (Å²) in [6.07, 6.45) is 6.35. The van der Waals surface area contributed by atoms with Crippen molar-refractivity contribution in [1.82, 2.24) is 9.97 Å². The van der Waals surface area contributed by atoms with Crippen molar-refractivity contribution in [2.75, 3.05) is 10.2 Å². The lowest BCUT2D eigenvalue weighted by atomic mass is 10.2. The topological polar surface area (TPSA) is 84.4 Å². The van der Waals surface area contributed by atoms with E-state index < -0.39 is 0 Å². The predicted molar refractivity (Wildman–Crippen MR) is 135 cm³/mol. The fraction of sp³-hybridized carbons (Fsp3) is 0.0769. The van der Waals surface area contributed by atoms with Crippen LogP contribution in [0.4, 0.5) is 16.5 Å². The Kier molecular flexibility index (Phi) is 7.10. The van der Waals surface area contributed by atoms with Gasteiger partial charge in [0.25, 0.3) is 0 Å². The van der Waals surface area contributed by atoms with Gasteiger partial charge in [-0.3, -0.25) is 19.5 Å². The Morgan fingerprint density at radius 3 is 2.62 bits per heavy atom. The minimum Gasteiger partial charge on any atom is -0.455 e. The third kappa shape index (κ3) is 5.73. The zero-order valence-electron chi connectivity index (χ0n) is 18.6. The SMILES string of the molecule is CC(=O)N(c1ccccc1)c1nc(/C=C/C(=O)Nc2ccc(Oc3cccnc3)c(C)c2)cs1. The van der Waals surface area contributed by atoms with Crippen molar-refractivity contribution < 1.29 is 14.3 Å². The molecule has 0 atom stereocenters. The Balaban J connectivity index is 1.40. The highest BCUT2D eigenvalue weighted by atomic mass is 32.1. The molecule has 0 saturated carbocycles. The van der Waals surface area contributed by atoms with Crippen LogP contribution in [0.3, 0.4) is 0 Å². The number of aromatic nitrogens is 2. The maximum Gasteiger partial charge on any atom is 0.248 e. The molecule has 2 heterocycles. The average Bonchev–Trinajstić information content (AvgIpc) is 3.29. The predicted octanol–water partition coefficient (Wildman–Crippen LogP) is 5.98. The molecule has 0 aliphatic carbocycles. The van der Waals surface area contributed by atoms with Crippen molar-refractivity contribution in [2.24, 2.45) is 0 Å². The molecule has 0 fully saturated rings. The van der Waals surface area contributed by atoms with Crippen molar-refractivity contribution in [2.45, 2.75) is 13.8 Å². The number of para-hydroxylation sites is 1. The molecule has 0 bridgehead atoms. The summed E-state index contributed by atoms with van der Waals surface area (Å²) in [5, 5.41) is 5.17. The molecular weight excluding hydrogens is 448 g/mol. The lowest BCUT2D eigenvalue weighted by molar-refractivity contribution is -0.116. The summed E-state index contributed by atoms with van der Waals surface area (Å²) in [6.45, 7) is 3.40. The number of pyridine rings is 1. The van der Waals surface area contributed by atoms with E-state index in [2.05, 4.69) is 15.3 Å². The Bertz CT molecular complexity index is 1320. The van der Waals surface area contributed by atoms with Gasteiger partial charge in [0.15, 0.2) is 5.13 Å². The second-order valence-electron chi connectivity index (χ2n) is 7.34. The van der Waals surface area contributed by atoms with E-state index in [9.17, 15) is 9.59 Å². The fourth-order valence-electron chi connectivity index (χ4n) is 3.18. The Labute approximate surface area is 201 Å². The van der Waals surface area contributed by atoms with Crippen LogP contribution in [-0.2, 0) is 9.59 Å². The van der Waals surface area contributed by atoms with Crippen molar-refractivity contribution in [3.8, 4) is 11.5 Å². The highest BCUT2D eigenvalue weighted by molar-refractivity contribution is 7.14. The van der Waals surface area contributed by atoms with E-state index in [4.69, 9.17) is 4.74 Å². The molecule has 0 radical (unpaired) electrons. The van der Waals surface area contributed by atoms with Crippen LogP contribution in [0.5, 0.6) is 11.5 Å². The molecule has 170 valence electrons. The smallest absolute Gasteiger partial charge is 0.248 e. The van der Waals surface area contributed by atoms with Gasteiger partial charge in [-0.25, -0.2) is 4.98 Å². The van der Waals surface area contributed by atoms with Gasteiger partial charge in [0.05, 0.1) is 17.6 Å². The number of carbonyl (C=O) groups excluding carboxylic acids is 2. The molecule has 4 rings (SSSR count). The third-order valence-electron chi connectivity index (χ3n) is 4.74. The number of hydrogen-bond acceptors (Lipinski definition) is 6. The van der Waals surface area contributed by atoms with Gasteiger partial charge in [0.2, 0.25) is 11.8 Å². The van der Waals surface area contributed by atoms with Crippen LogP contribution in [0.1, 0.15) is 18.2 Å². The first-order chi connectivity index (χ1) is 16.5. The van der Waals surface area contributed by atoms with Crippen LogP contribution in [-0.4, -0.2) is 21.8 Å². The molecule has 2 amide bonds. The quantitative estimate of drug-likeness (QED) is 0.336. The van der Waals surface area contributed by atoms with Crippen LogP contribution in [0.25, 0.3) is 6.08 Å². The molecule has 8 heteroatoms. The van der Waals surface area contributed by atoms with Crippen LogP contribution in [0.15, 0.2) is 84.5 Å². The molecule has 0 spiro atoms. The van der Waals surface area contributed by atoms with Crippen LogP contribution in [0.2, 0.25) is 0 Å². The number of nitrogens with zero attached hydrogens (tertiary/aromatic N) is 3. The van der Waals surface area contributed by atoms with Gasteiger partial charge in [-0.05, 0) is 61.0 Å². The molecule has 0 saturated heterocycles. The second kappa shape index (κ2) is 10.5. The number of aryl methyl sites for hydroxylation is 1. The van der Waals surface area contributed by atoms with Gasteiger partial charge in [-0.15, -0.1) is 11.3 Å². The van der Waals surface area contributed by atoms with Gasteiger partial charge in [-0.1, -0.05) is 18.2 Å². The van der Waals surface area contributed by atoms with Gasteiger partial charge in [0, 0.05) is 30.3 Å². The number of thiazole rings is 1. The maximum atomic E-state index is 12.4. The normalized spacial score (nSPS) is 10.8. The molecule has 0 aliphatic heterocycles. The van der Waals surface area contributed by atoms with Crippen molar-refractivity contribution in [3.63, 3.8) is 0 Å². The number of anilines is 3. The number of hydrogen-bond donors (Lipinski definition) is 1. The van der Waals surface area contributed by atoms with E-state index in [0.29, 0.717) is 28.0 Å². The average molecular weight is 471 g/mol. The summed E-state index contributed by atoms with van der Waals surface area (Å²) < 4.78 is 5.82. The first kappa shape index (κ1) is 22.9. The van der Waals surface area contributed by atoms with Crippen LogP contribution < -0.4 is 15.0 Å². The number of nitrogens with one attached hydrogen (secondary N) is 1. The second-order valence-corrected chi connectivity index (χ2v) is 8.18. The summed E-state index contributed by atoms with van der Waals surface area (Å²) in [6, 6.07) is 18.4. The number of benzene rings is 2. The van der Waals surface area contributed by atoms with Gasteiger partial charge in [0.1, 0.15) is 11.5 Å². The largest absolute Gasteiger partial charge is 0.455 e. The lowest BCUT2D eigenvalue weighted by Crippen LogP contribution is -2.22. The third-order valence-corrected chi connectivity index (χ3v) is 5.58. The number of ether oxygens (including phenoxy) is 1. The Hall–Kier alpha value is -4.30. The van der Waals surface area contributed by atoms with E-state index >= 15 is 0 Å². The summed E-state index contributed by atoms with van der Waals surface area (Å²) in [4.78, 5) is 34.7. The molecule has 2 aromatic heterocycles. The van der Waals surface area contributed by atoms with Crippen molar-refractivity contribution >= 4 is 45.7 Å². The Morgan fingerprint density at radius 1 is 1.09 bits per heavy atom.